The van der Waals surface area contributed by atoms with Gasteiger partial charge in [-0.25, -0.2) is 4.98 Å². The fourth-order valence-corrected chi connectivity index (χ4v) is 2.53. The summed E-state index contributed by atoms with van der Waals surface area (Å²) in [6.45, 7) is 6.06. The van der Waals surface area contributed by atoms with Crippen molar-refractivity contribution >= 4 is 17.6 Å². The zero-order chi connectivity index (χ0) is 18.4. The summed E-state index contributed by atoms with van der Waals surface area (Å²) in [6, 6.07) is 5.62. The number of carboxylic acid groups (broad SMARTS) is 1. The number of nitrogens with one attached hydrogen (secondary N) is 2. The molecule has 0 radical (unpaired) electrons. The van der Waals surface area contributed by atoms with E-state index in [1.807, 2.05) is 32.0 Å². The standard InChI is InChI=1S/C17H23N5O3/c1-4-7-22(10-16(24)25)9-15(23)19-14-8-11(2)5-6-13(14)17-18-12(3)20-21-17/h5-6,8H,4,7,9-10H2,1-3H3,(H,19,23)(H,24,25)(H,18,20,21). The molecule has 25 heavy (non-hydrogen) atoms. The molecule has 0 unspecified atom stereocenters. The van der Waals surface area contributed by atoms with E-state index in [1.54, 1.807) is 11.8 Å². The fraction of sp³-hybridized carbons (Fsp3) is 0.412. The Bertz CT molecular complexity index is 756. The maximum Gasteiger partial charge on any atom is 0.317 e. The van der Waals surface area contributed by atoms with E-state index in [4.69, 9.17) is 5.11 Å². The van der Waals surface area contributed by atoms with Crippen LogP contribution >= 0.6 is 0 Å². The molecular weight excluding hydrogens is 322 g/mol. The average molecular weight is 345 g/mol. The monoisotopic (exact) mass is 345 g/mol. The Labute approximate surface area is 146 Å². The molecule has 8 heteroatoms. The van der Waals surface area contributed by atoms with Gasteiger partial charge in [0.25, 0.3) is 0 Å². The second kappa shape index (κ2) is 8.39. The van der Waals surface area contributed by atoms with E-state index >= 15 is 0 Å². The summed E-state index contributed by atoms with van der Waals surface area (Å²) in [5, 5.41) is 18.7. The van der Waals surface area contributed by atoms with Crippen molar-refractivity contribution < 1.29 is 14.7 Å². The third kappa shape index (κ3) is 5.39. The molecule has 2 rings (SSSR count). The maximum atomic E-state index is 12.4. The van der Waals surface area contributed by atoms with Gasteiger partial charge in [0.15, 0.2) is 5.82 Å². The lowest BCUT2D eigenvalue weighted by Gasteiger charge is -2.19. The Balaban J connectivity index is 2.16. The Hall–Kier alpha value is -2.74. The highest BCUT2D eigenvalue weighted by atomic mass is 16.4. The molecule has 2 aromatic rings. The highest BCUT2D eigenvalue weighted by Crippen LogP contribution is 2.26. The quantitative estimate of drug-likeness (QED) is 0.673. The van der Waals surface area contributed by atoms with Crippen LogP contribution in [0.2, 0.25) is 0 Å². The number of rotatable bonds is 8. The zero-order valence-electron chi connectivity index (χ0n) is 14.7. The predicted octanol–water partition coefficient (Wildman–Crippen LogP) is 1.82. The van der Waals surface area contributed by atoms with Gasteiger partial charge < -0.3 is 10.4 Å². The van der Waals surface area contributed by atoms with Gasteiger partial charge in [-0.15, -0.1) is 0 Å². The number of carboxylic acids is 1. The highest BCUT2D eigenvalue weighted by Gasteiger charge is 2.16. The Kier molecular flexibility index (Phi) is 6.24. The second-order valence-corrected chi connectivity index (χ2v) is 5.95. The normalized spacial score (nSPS) is 10.9. The molecule has 0 aliphatic rings. The van der Waals surface area contributed by atoms with E-state index in [-0.39, 0.29) is 19.0 Å². The van der Waals surface area contributed by atoms with Crippen molar-refractivity contribution in [2.24, 2.45) is 0 Å². The van der Waals surface area contributed by atoms with Crippen LogP contribution in [-0.2, 0) is 9.59 Å². The third-order valence-electron chi connectivity index (χ3n) is 3.55. The average Bonchev–Trinajstić information content (AvgIpc) is 2.93. The fourth-order valence-electron chi connectivity index (χ4n) is 2.53. The van der Waals surface area contributed by atoms with Gasteiger partial charge in [0, 0.05) is 5.56 Å². The number of H-pyrrole nitrogens is 1. The summed E-state index contributed by atoms with van der Waals surface area (Å²) in [4.78, 5) is 29.2. The maximum absolute atomic E-state index is 12.4. The minimum Gasteiger partial charge on any atom is -0.480 e. The number of aliphatic carboxylic acids is 1. The molecule has 1 aromatic carbocycles. The first-order chi connectivity index (χ1) is 11.9. The largest absolute Gasteiger partial charge is 0.480 e. The summed E-state index contributed by atoms with van der Waals surface area (Å²) < 4.78 is 0. The number of amides is 1. The van der Waals surface area contributed by atoms with Crippen LogP contribution in [0.4, 0.5) is 5.69 Å². The summed E-state index contributed by atoms with van der Waals surface area (Å²) in [5.41, 5.74) is 2.31. The number of anilines is 1. The van der Waals surface area contributed by atoms with E-state index in [1.165, 1.54) is 0 Å². The zero-order valence-corrected chi connectivity index (χ0v) is 14.7. The molecule has 1 amide bonds. The number of hydrogen-bond acceptors (Lipinski definition) is 5. The van der Waals surface area contributed by atoms with Gasteiger partial charge in [-0.3, -0.25) is 19.6 Å². The molecule has 8 nitrogen and oxygen atoms in total. The Morgan fingerprint density at radius 1 is 1.28 bits per heavy atom. The molecule has 1 heterocycles. The van der Waals surface area contributed by atoms with Crippen molar-refractivity contribution in [3.63, 3.8) is 0 Å². The SMILES string of the molecule is CCCN(CC(=O)O)CC(=O)Nc1cc(C)ccc1-c1n[nH]c(C)n1. The number of nitrogens with zero attached hydrogens (tertiary/aromatic N) is 3. The predicted molar refractivity (Wildman–Crippen MR) is 94.3 cm³/mol. The van der Waals surface area contributed by atoms with Gasteiger partial charge in [0.05, 0.1) is 18.8 Å². The second-order valence-electron chi connectivity index (χ2n) is 5.95. The van der Waals surface area contributed by atoms with Crippen LogP contribution < -0.4 is 5.32 Å². The molecule has 0 atom stereocenters. The minimum absolute atomic E-state index is 0.0144. The van der Waals surface area contributed by atoms with Crippen LogP contribution in [0, 0.1) is 13.8 Å². The molecule has 0 saturated heterocycles. The van der Waals surface area contributed by atoms with Crippen LogP contribution in [0.3, 0.4) is 0 Å². The van der Waals surface area contributed by atoms with Gasteiger partial charge in [0.2, 0.25) is 5.91 Å². The summed E-state index contributed by atoms with van der Waals surface area (Å²) in [7, 11) is 0. The summed E-state index contributed by atoms with van der Waals surface area (Å²) in [6.07, 6.45) is 0.771. The number of aryl methyl sites for hydroxylation is 2. The van der Waals surface area contributed by atoms with Crippen LogP contribution in [0.15, 0.2) is 18.2 Å². The molecule has 0 saturated carbocycles. The van der Waals surface area contributed by atoms with E-state index in [2.05, 4.69) is 20.5 Å². The lowest BCUT2D eigenvalue weighted by molar-refractivity contribution is -0.138. The first-order valence-corrected chi connectivity index (χ1v) is 8.13. The molecule has 134 valence electrons. The number of aromatic nitrogens is 3. The Morgan fingerprint density at radius 2 is 2.04 bits per heavy atom. The van der Waals surface area contributed by atoms with Gasteiger partial charge in [-0.1, -0.05) is 13.0 Å². The molecule has 0 aliphatic heterocycles. The van der Waals surface area contributed by atoms with Crippen molar-refractivity contribution in [2.45, 2.75) is 27.2 Å². The third-order valence-corrected chi connectivity index (χ3v) is 3.55. The Morgan fingerprint density at radius 3 is 2.64 bits per heavy atom. The number of aromatic amines is 1. The first kappa shape index (κ1) is 18.6. The van der Waals surface area contributed by atoms with Gasteiger partial charge in [0.1, 0.15) is 5.82 Å². The van der Waals surface area contributed by atoms with Crippen molar-refractivity contribution in [3.05, 3.63) is 29.6 Å². The minimum atomic E-state index is -0.950. The molecule has 0 aliphatic carbocycles. The number of hydrogen-bond donors (Lipinski definition) is 3. The lowest BCUT2D eigenvalue weighted by atomic mass is 10.1. The molecular formula is C17H23N5O3. The van der Waals surface area contributed by atoms with E-state index in [9.17, 15) is 9.59 Å². The molecule has 0 bridgehead atoms. The first-order valence-electron chi connectivity index (χ1n) is 8.13. The van der Waals surface area contributed by atoms with Crippen molar-refractivity contribution in [3.8, 4) is 11.4 Å². The van der Waals surface area contributed by atoms with Crippen LogP contribution in [0.5, 0.6) is 0 Å². The van der Waals surface area contributed by atoms with Crippen molar-refractivity contribution in [1.82, 2.24) is 20.1 Å². The summed E-state index contributed by atoms with van der Waals surface area (Å²) in [5.74, 6) is -0.0327. The highest BCUT2D eigenvalue weighted by molar-refractivity contribution is 5.96. The number of carbonyl (C=O) groups excluding carboxylic acids is 1. The van der Waals surface area contributed by atoms with Gasteiger partial charge in [-0.05, 0) is 44.5 Å². The van der Waals surface area contributed by atoms with E-state index in [0.717, 1.165) is 12.0 Å². The lowest BCUT2D eigenvalue weighted by Crippen LogP contribution is -2.37. The molecule has 0 fully saturated rings. The van der Waals surface area contributed by atoms with Crippen LogP contribution in [0.1, 0.15) is 24.7 Å². The van der Waals surface area contributed by atoms with E-state index in [0.29, 0.717) is 29.4 Å². The number of benzene rings is 1. The molecule has 1 aromatic heterocycles. The van der Waals surface area contributed by atoms with Crippen LogP contribution in [-0.4, -0.2) is 56.7 Å². The topological polar surface area (TPSA) is 111 Å². The van der Waals surface area contributed by atoms with E-state index < -0.39 is 5.97 Å². The van der Waals surface area contributed by atoms with Gasteiger partial charge in [-0.2, -0.15) is 5.10 Å². The van der Waals surface area contributed by atoms with Crippen molar-refractivity contribution in [2.75, 3.05) is 25.0 Å². The summed E-state index contributed by atoms with van der Waals surface area (Å²) >= 11 is 0. The van der Waals surface area contributed by atoms with Crippen LogP contribution in [0.25, 0.3) is 11.4 Å². The number of carbonyl (C=O) groups is 2. The molecule has 0 spiro atoms. The van der Waals surface area contributed by atoms with Crippen molar-refractivity contribution in [1.29, 1.82) is 0 Å². The smallest absolute Gasteiger partial charge is 0.317 e. The van der Waals surface area contributed by atoms with Gasteiger partial charge >= 0.3 is 5.97 Å². The molecule has 3 N–H and O–H groups in total.